The zero-order valence-corrected chi connectivity index (χ0v) is 28.8. The molecule has 0 heterocycles. The number of hydrogen-bond donors (Lipinski definition) is 1. The monoisotopic (exact) mass is 660 g/mol. The standard InChI is InChI=1S/C40H52O8/c1-26(2)38(42)46-22-6-7-29-8-10-32(11-9-29)34-18-21-37(48-40(44)28(4)25-45-5)36(23-34)33-14-12-30(13-15-33)31-16-19-35(20-17-31)47-39(43)27(3)24-41/h8-11,18,21,23,28,30-31,33,35,41H,1,3,6-7,12-17,19-20,22,24-25H2,2,4-5H3. The van der Waals surface area contributed by atoms with Crippen LogP contribution in [0.1, 0.15) is 88.7 Å². The van der Waals surface area contributed by atoms with Crippen LogP contribution in [-0.2, 0) is 35.0 Å². The molecule has 260 valence electrons. The maximum absolute atomic E-state index is 12.9. The Morgan fingerprint density at radius 2 is 1.50 bits per heavy atom. The highest BCUT2D eigenvalue weighted by molar-refractivity contribution is 5.88. The van der Waals surface area contributed by atoms with Crippen molar-refractivity contribution < 1.29 is 38.4 Å². The van der Waals surface area contributed by atoms with Gasteiger partial charge in [0.1, 0.15) is 11.9 Å². The number of rotatable bonds is 15. The molecule has 0 spiro atoms. The average Bonchev–Trinajstić information content (AvgIpc) is 3.10. The number of ether oxygens (including phenoxy) is 4. The van der Waals surface area contributed by atoms with Crippen LogP contribution in [-0.4, -0.2) is 56.0 Å². The third-order valence-corrected chi connectivity index (χ3v) is 9.87. The molecule has 0 aliphatic heterocycles. The molecule has 2 aromatic rings. The molecule has 2 aromatic carbocycles. The van der Waals surface area contributed by atoms with E-state index in [1.165, 1.54) is 5.56 Å². The molecule has 4 rings (SSSR count). The lowest BCUT2D eigenvalue weighted by Gasteiger charge is -2.38. The minimum absolute atomic E-state index is 0.102. The minimum Gasteiger partial charge on any atom is -0.462 e. The molecule has 1 atom stereocenters. The zero-order chi connectivity index (χ0) is 34.6. The van der Waals surface area contributed by atoms with E-state index in [4.69, 9.17) is 24.1 Å². The second kappa shape index (κ2) is 18.1. The van der Waals surface area contributed by atoms with Gasteiger partial charge in [0.25, 0.3) is 0 Å². The van der Waals surface area contributed by atoms with Crippen molar-refractivity contribution in [1.29, 1.82) is 0 Å². The predicted octanol–water partition coefficient (Wildman–Crippen LogP) is 7.52. The molecule has 1 N–H and O–H groups in total. The molecule has 0 radical (unpaired) electrons. The molecule has 0 saturated heterocycles. The predicted molar refractivity (Wildman–Crippen MR) is 185 cm³/mol. The van der Waals surface area contributed by atoms with Crippen LogP contribution < -0.4 is 4.74 Å². The number of carbonyl (C=O) groups is 3. The summed E-state index contributed by atoms with van der Waals surface area (Å²) in [7, 11) is 1.58. The Kier molecular flexibility index (Phi) is 14.0. The lowest BCUT2D eigenvalue weighted by atomic mass is 9.69. The topological polar surface area (TPSA) is 108 Å². The Balaban J connectivity index is 1.41. The number of aliphatic hydroxyl groups excluding tert-OH is 1. The molecule has 8 nitrogen and oxygen atoms in total. The van der Waals surface area contributed by atoms with Crippen LogP contribution in [0.2, 0.25) is 0 Å². The Morgan fingerprint density at radius 1 is 0.875 bits per heavy atom. The van der Waals surface area contributed by atoms with E-state index in [0.717, 1.165) is 80.9 Å². The van der Waals surface area contributed by atoms with Gasteiger partial charge in [0.05, 0.1) is 31.3 Å². The van der Waals surface area contributed by atoms with E-state index in [1.54, 1.807) is 14.0 Å². The number of aryl methyl sites for hydroxylation is 1. The lowest BCUT2D eigenvalue weighted by Crippen LogP contribution is -2.30. The van der Waals surface area contributed by atoms with E-state index >= 15 is 0 Å². The number of esters is 3. The normalized spacial score (nSPS) is 21.5. The van der Waals surface area contributed by atoms with Gasteiger partial charge in [-0.15, -0.1) is 0 Å². The summed E-state index contributed by atoms with van der Waals surface area (Å²) in [5, 5.41) is 9.15. The van der Waals surface area contributed by atoms with Crippen molar-refractivity contribution in [2.24, 2.45) is 17.8 Å². The second-order valence-corrected chi connectivity index (χ2v) is 13.6. The largest absolute Gasteiger partial charge is 0.462 e. The van der Waals surface area contributed by atoms with Gasteiger partial charge < -0.3 is 24.1 Å². The molecular formula is C40H52O8. The molecular weight excluding hydrogens is 608 g/mol. The number of carbonyl (C=O) groups excluding carboxylic acids is 3. The number of aliphatic hydroxyl groups is 1. The van der Waals surface area contributed by atoms with Gasteiger partial charge in [-0.05, 0) is 130 Å². The zero-order valence-electron chi connectivity index (χ0n) is 28.8. The highest BCUT2D eigenvalue weighted by Crippen LogP contribution is 2.46. The van der Waals surface area contributed by atoms with Gasteiger partial charge in [-0.1, -0.05) is 43.5 Å². The summed E-state index contributed by atoms with van der Waals surface area (Å²) in [6.07, 6.45) is 9.45. The Labute approximate surface area is 285 Å². The van der Waals surface area contributed by atoms with Gasteiger partial charge in [-0.3, -0.25) is 4.79 Å². The second-order valence-electron chi connectivity index (χ2n) is 13.6. The molecule has 0 bridgehead atoms. The number of hydrogen-bond acceptors (Lipinski definition) is 8. The molecule has 8 heteroatoms. The number of benzene rings is 2. The fourth-order valence-electron chi connectivity index (χ4n) is 6.97. The van der Waals surface area contributed by atoms with Crippen LogP contribution in [0, 0.1) is 17.8 Å². The van der Waals surface area contributed by atoms with Crippen molar-refractivity contribution in [3.05, 3.63) is 77.9 Å². The molecule has 2 aliphatic carbocycles. The summed E-state index contributed by atoms with van der Waals surface area (Å²) >= 11 is 0. The Bertz CT molecular complexity index is 1410. The van der Waals surface area contributed by atoms with Crippen LogP contribution in [0.5, 0.6) is 5.75 Å². The van der Waals surface area contributed by atoms with Crippen LogP contribution in [0.3, 0.4) is 0 Å². The van der Waals surface area contributed by atoms with Crippen molar-refractivity contribution >= 4 is 17.9 Å². The SMILES string of the molecule is C=C(C)C(=O)OCCCc1ccc(-c2ccc(OC(=O)C(C)COC)c(C3CCC(C4CCC(OC(=O)C(=C)CO)CC4)CC3)c2)cc1. The van der Waals surface area contributed by atoms with Crippen molar-refractivity contribution in [3.8, 4) is 16.9 Å². The average molecular weight is 661 g/mol. The van der Waals surface area contributed by atoms with Crippen LogP contribution in [0.4, 0.5) is 0 Å². The first kappa shape index (κ1) is 37.1. The molecule has 1 unspecified atom stereocenters. The first-order chi connectivity index (χ1) is 23.1. The fourth-order valence-corrected chi connectivity index (χ4v) is 6.97. The summed E-state index contributed by atoms with van der Waals surface area (Å²) in [6.45, 7) is 10.9. The number of methoxy groups -OCH3 is 1. The summed E-state index contributed by atoms with van der Waals surface area (Å²) in [5.41, 5.74) is 4.92. The fraction of sp³-hybridized carbons (Fsp3) is 0.525. The first-order valence-electron chi connectivity index (χ1n) is 17.4. The van der Waals surface area contributed by atoms with Gasteiger partial charge in [0, 0.05) is 12.7 Å². The maximum atomic E-state index is 12.9. The van der Waals surface area contributed by atoms with E-state index in [0.29, 0.717) is 36.4 Å². The smallest absolute Gasteiger partial charge is 0.336 e. The molecule has 2 saturated carbocycles. The van der Waals surface area contributed by atoms with Gasteiger partial charge >= 0.3 is 17.9 Å². The Hall–Kier alpha value is -3.75. The van der Waals surface area contributed by atoms with E-state index < -0.39 is 5.97 Å². The van der Waals surface area contributed by atoms with E-state index in [9.17, 15) is 14.4 Å². The summed E-state index contributed by atoms with van der Waals surface area (Å²) in [4.78, 5) is 36.6. The van der Waals surface area contributed by atoms with Gasteiger partial charge in [0.2, 0.25) is 0 Å². The van der Waals surface area contributed by atoms with Crippen molar-refractivity contribution in [1.82, 2.24) is 0 Å². The van der Waals surface area contributed by atoms with Crippen molar-refractivity contribution in [3.63, 3.8) is 0 Å². The molecule has 2 fully saturated rings. The molecule has 2 aliphatic rings. The maximum Gasteiger partial charge on any atom is 0.336 e. The third-order valence-electron chi connectivity index (χ3n) is 9.87. The molecule has 0 aromatic heterocycles. The Morgan fingerprint density at radius 3 is 2.10 bits per heavy atom. The first-order valence-corrected chi connectivity index (χ1v) is 17.4. The summed E-state index contributed by atoms with van der Waals surface area (Å²) < 4.78 is 22.0. The van der Waals surface area contributed by atoms with E-state index in [1.807, 2.05) is 19.1 Å². The van der Waals surface area contributed by atoms with Crippen LogP contribution in [0.15, 0.2) is 66.8 Å². The lowest BCUT2D eigenvalue weighted by molar-refractivity contribution is -0.147. The quantitative estimate of drug-likeness (QED) is 0.0905. The summed E-state index contributed by atoms with van der Waals surface area (Å²) in [6, 6.07) is 14.6. The van der Waals surface area contributed by atoms with Crippen LogP contribution in [0.25, 0.3) is 11.1 Å². The van der Waals surface area contributed by atoms with E-state index in [2.05, 4.69) is 43.5 Å². The highest BCUT2D eigenvalue weighted by Gasteiger charge is 2.33. The van der Waals surface area contributed by atoms with Crippen molar-refractivity contribution in [2.45, 2.75) is 90.1 Å². The van der Waals surface area contributed by atoms with Gasteiger partial charge in [-0.25, -0.2) is 9.59 Å². The molecule has 48 heavy (non-hydrogen) atoms. The highest BCUT2D eigenvalue weighted by atomic mass is 16.5. The van der Waals surface area contributed by atoms with Gasteiger partial charge in [0.15, 0.2) is 0 Å². The van der Waals surface area contributed by atoms with Crippen LogP contribution >= 0.6 is 0 Å². The molecule has 0 amide bonds. The van der Waals surface area contributed by atoms with E-state index in [-0.39, 0.29) is 42.1 Å². The summed E-state index contributed by atoms with van der Waals surface area (Å²) in [5.74, 6) is 0.629. The third kappa shape index (κ3) is 10.4. The minimum atomic E-state index is -0.494. The van der Waals surface area contributed by atoms with Gasteiger partial charge in [-0.2, -0.15) is 0 Å². The van der Waals surface area contributed by atoms with Crippen molar-refractivity contribution in [2.75, 3.05) is 26.9 Å².